The number of ketones is 1. The number of Topliss-reactive ketones (excluding diaryl/α,β-unsaturated/α-hetero) is 1. The Labute approximate surface area is 292 Å². The third kappa shape index (κ3) is 8.22. The summed E-state index contributed by atoms with van der Waals surface area (Å²) in [7, 11) is -4.34. The molecule has 2 aliphatic rings. The van der Waals surface area contributed by atoms with Gasteiger partial charge in [0.25, 0.3) is 5.56 Å². The second-order valence-electron chi connectivity index (χ2n) is 13.7. The van der Waals surface area contributed by atoms with Crippen LogP contribution in [0, 0.1) is 12.8 Å². The maximum atomic E-state index is 13.5. The predicted octanol–water partition coefficient (Wildman–Crippen LogP) is 3.04. The van der Waals surface area contributed by atoms with E-state index < -0.39 is 22.1 Å². The molecular weight excluding hydrogens is 664 g/mol. The van der Waals surface area contributed by atoms with E-state index in [4.69, 9.17) is 20.6 Å². The van der Waals surface area contributed by atoms with Gasteiger partial charge >= 0.3 is 16.4 Å². The van der Waals surface area contributed by atoms with Gasteiger partial charge in [0, 0.05) is 50.3 Å². The molecule has 5 rings (SSSR count). The van der Waals surface area contributed by atoms with Crippen LogP contribution in [0.4, 0.5) is 22.2 Å². The van der Waals surface area contributed by atoms with Crippen molar-refractivity contribution in [2.75, 3.05) is 49.5 Å². The number of aryl methyl sites for hydroxylation is 1. The first-order chi connectivity index (χ1) is 23.6. The fraction of sp³-hybridized carbons (Fsp3) is 0.576. The van der Waals surface area contributed by atoms with Gasteiger partial charge in [0.1, 0.15) is 11.5 Å². The predicted molar refractivity (Wildman–Crippen MR) is 191 cm³/mol. The van der Waals surface area contributed by atoms with E-state index in [9.17, 15) is 22.8 Å². The summed E-state index contributed by atoms with van der Waals surface area (Å²) in [5.74, 6) is 0.650. The van der Waals surface area contributed by atoms with Gasteiger partial charge in [-0.2, -0.15) is 17.7 Å². The van der Waals surface area contributed by atoms with E-state index in [0.717, 1.165) is 35.7 Å². The molecule has 0 bridgehead atoms. The highest BCUT2D eigenvalue weighted by molar-refractivity contribution is 7.84. The fourth-order valence-electron chi connectivity index (χ4n) is 6.92. The number of nitrogens with zero attached hydrogens (tertiary/aromatic N) is 7. The van der Waals surface area contributed by atoms with Gasteiger partial charge in [-0.1, -0.05) is 26.7 Å². The lowest BCUT2D eigenvalue weighted by atomic mass is 9.98. The number of aromatic nitrogens is 4. The number of fused-ring (bicyclic) bond motifs is 1. The van der Waals surface area contributed by atoms with Crippen LogP contribution in [-0.4, -0.2) is 93.9 Å². The molecule has 17 heteroatoms. The van der Waals surface area contributed by atoms with Crippen LogP contribution in [0.25, 0.3) is 11.0 Å². The molecule has 1 saturated carbocycles. The number of nitrogens with one attached hydrogen (secondary N) is 1. The Morgan fingerprint density at radius 1 is 1.10 bits per heavy atom. The van der Waals surface area contributed by atoms with Crippen molar-refractivity contribution >= 4 is 50.7 Å². The highest BCUT2D eigenvalue weighted by atomic mass is 32.2. The molecule has 0 aromatic carbocycles. The summed E-state index contributed by atoms with van der Waals surface area (Å²) in [6.07, 6.45) is 6.43. The highest BCUT2D eigenvalue weighted by Gasteiger charge is 2.34. The van der Waals surface area contributed by atoms with E-state index in [0.29, 0.717) is 41.9 Å². The second kappa shape index (κ2) is 15.0. The largest absolute Gasteiger partial charge is 0.426 e. The number of likely N-dealkylation sites (N-methyl/N-ethyl adjacent to an activating group) is 1. The average Bonchev–Trinajstić information content (AvgIpc) is 3.57. The Bertz CT molecular complexity index is 1880. The highest BCUT2D eigenvalue weighted by Crippen LogP contribution is 2.32. The number of hydrogen-bond acceptors (Lipinski definition) is 13. The van der Waals surface area contributed by atoms with Crippen molar-refractivity contribution in [1.82, 2.24) is 28.7 Å². The van der Waals surface area contributed by atoms with Crippen LogP contribution in [0.5, 0.6) is 0 Å². The van der Waals surface area contributed by atoms with Gasteiger partial charge in [-0.3, -0.25) is 14.2 Å². The van der Waals surface area contributed by atoms with Crippen molar-refractivity contribution in [2.45, 2.75) is 78.4 Å². The number of nitrogens with two attached hydrogens (primary N) is 2. The fourth-order valence-corrected chi connectivity index (χ4v) is 7.92. The van der Waals surface area contributed by atoms with Crippen LogP contribution >= 0.6 is 0 Å². The minimum Gasteiger partial charge on any atom is -0.368 e. The molecule has 3 aromatic heterocycles. The maximum Gasteiger partial charge on any atom is 0.426 e. The van der Waals surface area contributed by atoms with E-state index >= 15 is 0 Å². The van der Waals surface area contributed by atoms with E-state index in [1.807, 2.05) is 24.8 Å². The molecule has 1 amide bonds. The number of hydrogen-bond donors (Lipinski definition) is 3. The van der Waals surface area contributed by atoms with Crippen LogP contribution in [0.1, 0.15) is 81.8 Å². The Hall–Kier alpha value is -4.19. The van der Waals surface area contributed by atoms with Gasteiger partial charge in [-0.25, -0.2) is 14.8 Å². The number of amides is 1. The van der Waals surface area contributed by atoms with Gasteiger partial charge in [0.05, 0.1) is 29.7 Å². The molecule has 1 aliphatic carbocycles. The summed E-state index contributed by atoms with van der Waals surface area (Å²) in [5.41, 5.74) is 12.8. The summed E-state index contributed by atoms with van der Waals surface area (Å²) in [5, 5.41) is 3.77. The zero-order valence-electron chi connectivity index (χ0n) is 29.4. The zero-order chi connectivity index (χ0) is 36.4. The van der Waals surface area contributed by atoms with Crippen molar-refractivity contribution in [3.8, 4) is 0 Å². The normalized spacial score (nSPS) is 16.3. The van der Waals surface area contributed by atoms with Crippen molar-refractivity contribution in [1.29, 1.82) is 0 Å². The van der Waals surface area contributed by atoms with Gasteiger partial charge in [0.15, 0.2) is 5.78 Å². The van der Waals surface area contributed by atoms with Gasteiger partial charge in [-0.05, 0) is 63.6 Å². The molecule has 0 atom stereocenters. The minimum atomic E-state index is -4.34. The van der Waals surface area contributed by atoms with Crippen molar-refractivity contribution < 1.29 is 22.2 Å². The standard InChI is InChI=1S/C33H48N10O6S/c1-6-40(20-33(34,35)17-21(2)3)32(46)49-50(47,48)42-15-13-41(14-16-42)25-11-12-27(36-18-25)38-31-37-19-26-22(4)28(23(5)44)30(45)43(29(26)39-31)24-9-7-8-10-24/h11-12,18-19,21,24H,6-10,13-17,20,34-35H2,1-5H3,(H,36,37,38,39). The Morgan fingerprint density at radius 3 is 2.36 bits per heavy atom. The summed E-state index contributed by atoms with van der Waals surface area (Å²) < 4.78 is 33.8. The number of piperazine rings is 1. The molecule has 4 heterocycles. The van der Waals surface area contributed by atoms with E-state index in [1.54, 1.807) is 36.9 Å². The number of carbonyl (C=O) groups excluding carboxylic acids is 2. The lowest BCUT2D eigenvalue weighted by molar-refractivity contribution is 0.101. The SMILES string of the molecule is CCN(CC(N)(N)CC(C)C)C(=O)OS(=O)(=O)N1CCN(c2ccc(Nc3ncc4c(C)c(C(C)=O)c(=O)n(C5CCCC5)c4n3)nc2)CC1. The summed E-state index contributed by atoms with van der Waals surface area (Å²) in [6.45, 7) is 9.81. The minimum absolute atomic E-state index is 0.0328. The van der Waals surface area contributed by atoms with Crippen LogP contribution in [0.3, 0.4) is 0 Å². The smallest absolute Gasteiger partial charge is 0.368 e. The molecule has 0 spiro atoms. The molecule has 50 heavy (non-hydrogen) atoms. The average molecular weight is 713 g/mol. The molecule has 5 N–H and O–H groups in total. The first-order valence-corrected chi connectivity index (χ1v) is 18.4. The molecule has 272 valence electrons. The summed E-state index contributed by atoms with van der Waals surface area (Å²) in [6, 6.07) is 3.57. The third-order valence-electron chi connectivity index (χ3n) is 9.25. The lowest BCUT2D eigenvalue weighted by Gasteiger charge is -2.35. The summed E-state index contributed by atoms with van der Waals surface area (Å²) >= 11 is 0. The Kier molecular flexibility index (Phi) is 11.1. The van der Waals surface area contributed by atoms with Gasteiger partial charge in [-0.15, -0.1) is 0 Å². The topological polar surface area (TPSA) is 212 Å². The molecule has 0 radical (unpaired) electrons. The lowest BCUT2D eigenvalue weighted by Crippen LogP contribution is -2.59. The number of carbonyl (C=O) groups is 2. The monoisotopic (exact) mass is 712 g/mol. The first kappa shape index (κ1) is 37.1. The zero-order valence-corrected chi connectivity index (χ0v) is 30.2. The quantitative estimate of drug-likeness (QED) is 0.182. The first-order valence-electron chi connectivity index (χ1n) is 17.1. The summed E-state index contributed by atoms with van der Waals surface area (Å²) in [4.78, 5) is 55.5. The number of pyridine rings is 2. The molecular formula is C33H48N10O6S. The maximum absolute atomic E-state index is 13.5. The van der Waals surface area contributed by atoms with E-state index in [-0.39, 0.29) is 61.0 Å². The van der Waals surface area contributed by atoms with Crippen LogP contribution < -0.4 is 27.2 Å². The number of rotatable bonds is 12. The van der Waals surface area contributed by atoms with Crippen molar-refractivity contribution in [3.05, 3.63) is 46.0 Å². The molecule has 2 fully saturated rings. The Balaban J connectivity index is 1.23. The second-order valence-corrected chi connectivity index (χ2v) is 15.2. The molecule has 1 aliphatic heterocycles. The van der Waals surface area contributed by atoms with Crippen molar-refractivity contribution in [3.63, 3.8) is 0 Å². The number of anilines is 3. The third-order valence-corrected chi connectivity index (χ3v) is 10.6. The molecule has 0 unspecified atom stereocenters. The van der Waals surface area contributed by atoms with Crippen LogP contribution in [-0.2, 0) is 14.5 Å². The van der Waals surface area contributed by atoms with Crippen LogP contribution in [0.2, 0.25) is 0 Å². The van der Waals surface area contributed by atoms with Crippen LogP contribution in [0.15, 0.2) is 29.3 Å². The van der Waals surface area contributed by atoms with E-state index in [1.165, 1.54) is 11.8 Å². The molecule has 16 nitrogen and oxygen atoms in total. The Morgan fingerprint density at radius 2 is 1.78 bits per heavy atom. The van der Waals surface area contributed by atoms with Gasteiger partial charge < -0.3 is 30.8 Å². The van der Waals surface area contributed by atoms with Gasteiger partial charge in [0.2, 0.25) is 5.95 Å². The molecule has 3 aromatic rings. The van der Waals surface area contributed by atoms with E-state index in [2.05, 4.69) is 15.3 Å². The molecule has 1 saturated heterocycles. The van der Waals surface area contributed by atoms with Crippen molar-refractivity contribution in [2.24, 2.45) is 17.4 Å².